The van der Waals surface area contributed by atoms with Gasteiger partial charge in [-0.25, -0.2) is 0 Å². The van der Waals surface area contributed by atoms with E-state index in [4.69, 9.17) is 0 Å². The summed E-state index contributed by atoms with van der Waals surface area (Å²) in [6.07, 6.45) is 4.54. The molecule has 0 spiro atoms. The number of carbonyl (C=O) groups is 1. The Bertz CT molecular complexity index is 785. The zero-order chi connectivity index (χ0) is 19.2. The number of benzene rings is 1. The van der Waals surface area contributed by atoms with Crippen LogP contribution in [0.2, 0.25) is 0 Å². The van der Waals surface area contributed by atoms with Crippen LogP contribution in [-0.2, 0) is 0 Å². The molecule has 1 fully saturated rings. The summed E-state index contributed by atoms with van der Waals surface area (Å²) in [5.41, 5.74) is 3.36. The summed E-state index contributed by atoms with van der Waals surface area (Å²) in [6, 6.07) is 12.1. The van der Waals surface area contributed by atoms with Crippen molar-refractivity contribution in [3.63, 3.8) is 0 Å². The number of hydrogen-bond donors (Lipinski definition) is 1. The van der Waals surface area contributed by atoms with E-state index < -0.39 is 0 Å². The quantitative estimate of drug-likeness (QED) is 0.715. The van der Waals surface area contributed by atoms with Crippen LogP contribution < -0.4 is 5.32 Å². The van der Waals surface area contributed by atoms with Crippen LogP contribution >= 0.6 is 15.9 Å². The molecule has 4 nitrogen and oxygen atoms in total. The lowest BCUT2D eigenvalue weighted by Gasteiger charge is -2.32. The van der Waals surface area contributed by atoms with Crippen LogP contribution in [0, 0.1) is 6.92 Å². The Hall–Kier alpha value is -1.72. The van der Waals surface area contributed by atoms with E-state index in [0.717, 1.165) is 47.4 Å². The number of carbonyl (C=O) groups excluding carboxylic acids is 1. The number of halogens is 1. The zero-order valence-electron chi connectivity index (χ0n) is 16.2. The van der Waals surface area contributed by atoms with E-state index in [9.17, 15) is 4.79 Å². The van der Waals surface area contributed by atoms with Gasteiger partial charge < -0.3 is 10.2 Å². The van der Waals surface area contributed by atoms with Gasteiger partial charge in [-0.3, -0.25) is 9.78 Å². The molecule has 0 saturated carbocycles. The van der Waals surface area contributed by atoms with Gasteiger partial charge in [0.05, 0.1) is 17.0 Å². The molecule has 0 radical (unpaired) electrons. The van der Waals surface area contributed by atoms with Crippen molar-refractivity contribution in [1.82, 2.24) is 15.2 Å². The number of rotatable bonds is 6. The minimum absolute atomic E-state index is 0.00667. The van der Waals surface area contributed by atoms with Crippen LogP contribution in [0.5, 0.6) is 0 Å². The lowest BCUT2D eigenvalue weighted by atomic mass is 10.0. The first-order chi connectivity index (χ1) is 13.1. The highest BCUT2D eigenvalue weighted by Gasteiger charge is 2.21. The van der Waals surface area contributed by atoms with Crippen LogP contribution in [-0.4, -0.2) is 41.5 Å². The van der Waals surface area contributed by atoms with E-state index in [-0.39, 0.29) is 11.9 Å². The molecule has 1 aliphatic rings. The number of likely N-dealkylation sites (tertiary alicyclic amines) is 1. The predicted octanol–water partition coefficient (Wildman–Crippen LogP) is 4.81. The molecule has 5 heteroatoms. The Balaban J connectivity index is 1.61. The van der Waals surface area contributed by atoms with Crippen molar-refractivity contribution in [2.75, 3.05) is 19.6 Å². The Labute approximate surface area is 170 Å². The molecule has 27 heavy (non-hydrogen) atoms. The number of amides is 1. The van der Waals surface area contributed by atoms with Crippen LogP contribution in [0.1, 0.15) is 48.7 Å². The molecular weight excluding hydrogens is 402 g/mol. The van der Waals surface area contributed by atoms with Gasteiger partial charge in [-0.15, -0.1) is 0 Å². The third-order valence-corrected chi connectivity index (χ3v) is 5.69. The Kier molecular flexibility index (Phi) is 7.02. The van der Waals surface area contributed by atoms with Crippen LogP contribution in [0.25, 0.3) is 11.3 Å². The number of unbranched alkanes of at least 4 members (excludes halogenated alkanes) is 1. The van der Waals surface area contributed by atoms with Crippen molar-refractivity contribution in [3.8, 4) is 11.3 Å². The molecule has 1 N–H and O–H groups in total. The number of nitrogens with zero attached hydrogens (tertiary/aromatic N) is 2. The number of pyridine rings is 1. The summed E-state index contributed by atoms with van der Waals surface area (Å²) in [4.78, 5) is 19.9. The van der Waals surface area contributed by atoms with Gasteiger partial charge >= 0.3 is 0 Å². The van der Waals surface area contributed by atoms with Crippen molar-refractivity contribution in [3.05, 3.63) is 52.1 Å². The summed E-state index contributed by atoms with van der Waals surface area (Å²) in [7, 11) is 0. The molecule has 1 amide bonds. The second-order valence-corrected chi connectivity index (χ2v) is 8.20. The van der Waals surface area contributed by atoms with Crippen LogP contribution in [0.4, 0.5) is 0 Å². The van der Waals surface area contributed by atoms with Crippen molar-refractivity contribution < 1.29 is 4.79 Å². The molecule has 0 atom stereocenters. The topological polar surface area (TPSA) is 45.2 Å². The average molecular weight is 430 g/mol. The van der Waals surface area contributed by atoms with Crippen molar-refractivity contribution in [2.24, 2.45) is 0 Å². The molecule has 0 unspecified atom stereocenters. The van der Waals surface area contributed by atoms with Gasteiger partial charge in [-0.1, -0.05) is 41.4 Å². The van der Waals surface area contributed by atoms with Gasteiger partial charge in [0.25, 0.3) is 5.91 Å². The highest BCUT2D eigenvalue weighted by Crippen LogP contribution is 2.23. The third kappa shape index (κ3) is 5.39. The molecule has 1 aromatic carbocycles. The molecule has 1 aliphatic heterocycles. The zero-order valence-corrected chi connectivity index (χ0v) is 17.8. The Morgan fingerprint density at radius 2 is 2.04 bits per heavy atom. The van der Waals surface area contributed by atoms with Gasteiger partial charge in [0.1, 0.15) is 0 Å². The van der Waals surface area contributed by atoms with E-state index in [2.05, 4.69) is 38.1 Å². The fourth-order valence-electron chi connectivity index (χ4n) is 3.56. The lowest BCUT2D eigenvalue weighted by Crippen LogP contribution is -2.45. The van der Waals surface area contributed by atoms with Crippen molar-refractivity contribution >= 4 is 21.8 Å². The van der Waals surface area contributed by atoms with Crippen LogP contribution in [0.15, 0.2) is 40.9 Å². The van der Waals surface area contributed by atoms with Gasteiger partial charge in [0.15, 0.2) is 0 Å². The Morgan fingerprint density at radius 3 is 2.70 bits per heavy atom. The van der Waals surface area contributed by atoms with E-state index in [1.807, 2.05) is 43.3 Å². The maximum atomic E-state index is 12.7. The molecule has 3 rings (SSSR count). The van der Waals surface area contributed by atoms with Crippen molar-refractivity contribution in [2.45, 2.75) is 45.6 Å². The first-order valence-corrected chi connectivity index (χ1v) is 10.6. The van der Waals surface area contributed by atoms with Gasteiger partial charge in [0, 0.05) is 29.2 Å². The largest absolute Gasteiger partial charge is 0.349 e. The number of nitrogens with one attached hydrogen (secondary N) is 1. The summed E-state index contributed by atoms with van der Waals surface area (Å²) < 4.78 is 1.02. The SMILES string of the molecule is CCCCN1CCC(NC(=O)c2ccc(-c3cccc(Br)c3)nc2C)CC1. The predicted molar refractivity (Wildman–Crippen MR) is 114 cm³/mol. The molecule has 2 heterocycles. The van der Waals surface area contributed by atoms with E-state index in [1.54, 1.807) is 0 Å². The van der Waals surface area contributed by atoms with Gasteiger partial charge in [0.2, 0.25) is 0 Å². The normalized spacial score (nSPS) is 15.7. The van der Waals surface area contributed by atoms with Crippen LogP contribution in [0.3, 0.4) is 0 Å². The number of aromatic nitrogens is 1. The third-order valence-electron chi connectivity index (χ3n) is 5.20. The fourth-order valence-corrected chi connectivity index (χ4v) is 3.95. The summed E-state index contributed by atoms with van der Waals surface area (Å²) in [5.74, 6) is -0.00667. The smallest absolute Gasteiger partial charge is 0.253 e. The highest BCUT2D eigenvalue weighted by atomic mass is 79.9. The maximum absolute atomic E-state index is 12.7. The molecule has 1 aromatic heterocycles. The molecule has 2 aromatic rings. The number of aryl methyl sites for hydroxylation is 1. The van der Waals surface area contributed by atoms with E-state index in [0.29, 0.717) is 5.56 Å². The van der Waals surface area contributed by atoms with E-state index in [1.165, 1.54) is 19.4 Å². The molecule has 0 aliphatic carbocycles. The monoisotopic (exact) mass is 429 g/mol. The highest BCUT2D eigenvalue weighted by molar-refractivity contribution is 9.10. The van der Waals surface area contributed by atoms with E-state index >= 15 is 0 Å². The number of piperidine rings is 1. The lowest BCUT2D eigenvalue weighted by molar-refractivity contribution is 0.0910. The fraction of sp³-hybridized carbons (Fsp3) is 0.455. The molecular formula is C22H28BrN3O. The maximum Gasteiger partial charge on any atom is 0.253 e. The number of hydrogen-bond acceptors (Lipinski definition) is 3. The second kappa shape index (κ2) is 9.47. The first-order valence-electron chi connectivity index (χ1n) is 9.83. The minimum Gasteiger partial charge on any atom is -0.349 e. The molecule has 0 bridgehead atoms. The van der Waals surface area contributed by atoms with Gasteiger partial charge in [-0.05, 0) is 57.0 Å². The first kappa shape index (κ1) is 20.0. The second-order valence-electron chi connectivity index (χ2n) is 7.28. The van der Waals surface area contributed by atoms with Crippen molar-refractivity contribution in [1.29, 1.82) is 0 Å². The molecule has 144 valence electrons. The van der Waals surface area contributed by atoms with Gasteiger partial charge in [-0.2, -0.15) is 0 Å². The average Bonchev–Trinajstić information content (AvgIpc) is 2.67. The summed E-state index contributed by atoms with van der Waals surface area (Å²) in [5, 5.41) is 3.21. The minimum atomic E-state index is -0.00667. The summed E-state index contributed by atoms with van der Waals surface area (Å²) in [6.45, 7) is 7.46. The standard InChI is InChI=1S/C22H28BrN3O/c1-3-4-12-26-13-10-19(11-14-26)25-22(27)20-8-9-21(24-16(20)2)17-6-5-7-18(23)15-17/h5-9,15,19H,3-4,10-14H2,1-2H3,(H,25,27). The Morgan fingerprint density at radius 1 is 1.26 bits per heavy atom. The summed E-state index contributed by atoms with van der Waals surface area (Å²) >= 11 is 3.49. The molecule has 1 saturated heterocycles.